The van der Waals surface area contributed by atoms with Crippen LogP contribution in [0.25, 0.3) is 0 Å². The maximum Gasteiger partial charge on any atom is 0.242 e. The molecule has 2 heterocycles. The van der Waals surface area contributed by atoms with Gasteiger partial charge in [0.15, 0.2) is 0 Å². The molecule has 106 valence electrons. The summed E-state index contributed by atoms with van der Waals surface area (Å²) >= 11 is 0. The number of carbonyl (C=O) groups excluding carboxylic acids is 1. The van der Waals surface area contributed by atoms with Crippen LogP contribution < -0.4 is 4.90 Å². The first-order valence-corrected chi connectivity index (χ1v) is 6.89. The third-order valence-corrected chi connectivity index (χ3v) is 3.65. The average Bonchev–Trinajstić information content (AvgIpc) is 2.77. The lowest BCUT2D eigenvalue weighted by atomic mass is 10.2. The molecule has 19 heavy (non-hydrogen) atoms. The molecule has 1 aromatic rings. The Morgan fingerprint density at radius 2 is 2.05 bits per heavy atom. The number of carbonyl (C=O) groups is 1. The Labute approximate surface area is 114 Å². The molecule has 1 aliphatic rings. The van der Waals surface area contributed by atoms with Crippen molar-refractivity contribution in [2.45, 2.75) is 46.2 Å². The minimum Gasteiger partial charge on any atom is -0.342 e. The number of aromatic nitrogens is 3. The number of hydrogen-bond acceptors (Lipinski definition) is 4. The maximum absolute atomic E-state index is 11.9. The fourth-order valence-electron chi connectivity index (χ4n) is 2.54. The molecule has 1 unspecified atom stereocenters. The fourth-order valence-corrected chi connectivity index (χ4v) is 2.54. The Morgan fingerprint density at radius 1 is 1.37 bits per heavy atom. The Balaban J connectivity index is 2.33. The molecule has 0 radical (unpaired) electrons. The molecule has 6 heteroatoms. The first kappa shape index (κ1) is 13.8. The molecule has 1 atom stereocenters. The fraction of sp³-hybridized carbons (Fsp3) is 0.769. The normalized spacial score (nSPS) is 20.5. The van der Waals surface area contributed by atoms with E-state index in [1.54, 1.807) is 4.90 Å². The smallest absolute Gasteiger partial charge is 0.242 e. The van der Waals surface area contributed by atoms with E-state index in [-0.39, 0.29) is 11.9 Å². The van der Waals surface area contributed by atoms with Crippen LogP contribution >= 0.6 is 0 Å². The van der Waals surface area contributed by atoms with E-state index < -0.39 is 0 Å². The molecule has 6 nitrogen and oxygen atoms in total. The van der Waals surface area contributed by atoms with Crippen LogP contribution in [0.1, 0.15) is 39.4 Å². The van der Waals surface area contributed by atoms with Gasteiger partial charge in [0.05, 0.1) is 0 Å². The summed E-state index contributed by atoms with van der Waals surface area (Å²) in [6, 6.07) is 0.261. The van der Waals surface area contributed by atoms with Crippen molar-refractivity contribution in [3.63, 3.8) is 0 Å². The lowest BCUT2D eigenvalue weighted by Crippen LogP contribution is -2.54. The van der Waals surface area contributed by atoms with E-state index in [9.17, 15) is 4.79 Å². The summed E-state index contributed by atoms with van der Waals surface area (Å²) in [5.41, 5.74) is 0. The molecular formula is C13H23N5O. The van der Waals surface area contributed by atoms with Crippen molar-refractivity contribution >= 4 is 11.9 Å². The van der Waals surface area contributed by atoms with Crippen molar-refractivity contribution in [3.05, 3.63) is 5.82 Å². The lowest BCUT2D eigenvalue weighted by Gasteiger charge is -2.38. The van der Waals surface area contributed by atoms with Crippen LogP contribution in [-0.4, -0.2) is 51.8 Å². The van der Waals surface area contributed by atoms with Gasteiger partial charge in [0, 0.05) is 32.1 Å². The van der Waals surface area contributed by atoms with E-state index in [2.05, 4.69) is 47.4 Å². The van der Waals surface area contributed by atoms with E-state index in [0.717, 1.165) is 24.9 Å². The van der Waals surface area contributed by atoms with Gasteiger partial charge in [0.2, 0.25) is 11.9 Å². The summed E-state index contributed by atoms with van der Waals surface area (Å²) in [6.07, 6.45) is 0. The molecule has 0 aromatic carbocycles. The number of amides is 1. The van der Waals surface area contributed by atoms with Gasteiger partial charge < -0.3 is 9.80 Å². The summed E-state index contributed by atoms with van der Waals surface area (Å²) in [7, 11) is 1.85. The molecule has 1 amide bonds. The molecule has 0 bridgehead atoms. The van der Waals surface area contributed by atoms with Crippen LogP contribution in [0.15, 0.2) is 0 Å². The van der Waals surface area contributed by atoms with Gasteiger partial charge in [-0.25, -0.2) is 0 Å². The molecule has 1 aliphatic heterocycles. The van der Waals surface area contributed by atoms with E-state index >= 15 is 0 Å². The summed E-state index contributed by atoms with van der Waals surface area (Å²) in [5, 5.41) is 8.60. The summed E-state index contributed by atoms with van der Waals surface area (Å²) in [4.78, 5) is 15.7. The molecule has 0 aliphatic carbocycles. The Bertz CT molecular complexity index is 468. The van der Waals surface area contributed by atoms with Crippen LogP contribution in [-0.2, 0) is 11.3 Å². The second-order valence-electron chi connectivity index (χ2n) is 5.51. The number of likely N-dealkylation sites (N-methyl/N-ethyl adjacent to an activating group) is 1. The Kier molecular flexibility index (Phi) is 3.78. The third kappa shape index (κ3) is 2.43. The van der Waals surface area contributed by atoms with Gasteiger partial charge in [0.25, 0.3) is 0 Å². The molecule has 2 rings (SSSR count). The van der Waals surface area contributed by atoms with Crippen molar-refractivity contribution in [2.24, 2.45) is 0 Å². The highest BCUT2D eigenvalue weighted by Crippen LogP contribution is 2.23. The Hall–Kier alpha value is -1.59. The summed E-state index contributed by atoms with van der Waals surface area (Å²) in [6.45, 7) is 10.4. The van der Waals surface area contributed by atoms with E-state index in [1.165, 1.54) is 0 Å². The van der Waals surface area contributed by atoms with E-state index in [0.29, 0.717) is 12.5 Å². The third-order valence-electron chi connectivity index (χ3n) is 3.65. The number of nitrogens with zero attached hydrogens (tertiary/aromatic N) is 5. The van der Waals surface area contributed by atoms with Crippen molar-refractivity contribution in [2.75, 3.05) is 25.0 Å². The second kappa shape index (κ2) is 5.19. The number of hydrogen-bond donors (Lipinski definition) is 0. The largest absolute Gasteiger partial charge is 0.342 e. The quantitative estimate of drug-likeness (QED) is 0.821. The zero-order valence-corrected chi connectivity index (χ0v) is 12.4. The topological polar surface area (TPSA) is 54.3 Å². The van der Waals surface area contributed by atoms with Gasteiger partial charge in [-0.2, -0.15) is 0 Å². The van der Waals surface area contributed by atoms with Gasteiger partial charge in [-0.3, -0.25) is 9.36 Å². The van der Waals surface area contributed by atoms with Crippen molar-refractivity contribution in [1.29, 1.82) is 0 Å². The Morgan fingerprint density at radius 3 is 2.63 bits per heavy atom. The molecule has 0 N–H and O–H groups in total. The molecule has 1 saturated heterocycles. The first-order chi connectivity index (χ1) is 8.95. The first-order valence-electron chi connectivity index (χ1n) is 6.89. The average molecular weight is 265 g/mol. The highest BCUT2D eigenvalue weighted by Gasteiger charge is 2.31. The predicted molar refractivity (Wildman–Crippen MR) is 74.2 cm³/mol. The van der Waals surface area contributed by atoms with Crippen molar-refractivity contribution in [1.82, 2.24) is 19.7 Å². The highest BCUT2D eigenvalue weighted by atomic mass is 16.2. The molecule has 1 aromatic heterocycles. The maximum atomic E-state index is 11.9. The minimum atomic E-state index is 0.134. The molecular weight excluding hydrogens is 242 g/mol. The number of rotatable bonds is 3. The van der Waals surface area contributed by atoms with Crippen LogP contribution in [0.2, 0.25) is 0 Å². The minimum absolute atomic E-state index is 0.134. The van der Waals surface area contributed by atoms with Gasteiger partial charge in [-0.1, -0.05) is 13.8 Å². The second-order valence-corrected chi connectivity index (χ2v) is 5.51. The monoisotopic (exact) mass is 265 g/mol. The van der Waals surface area contributed by atoms with Gasteiger partial charge in [-0.05, 0) is 13.8 Å². The van der Waals surface area contributed by atoms with Gasteiger partial charge >= 0.3 is 0 Å². The lowest BCUT2D eigenvalue weighted by molar-refractivity contribution is -0.130. The standard InChI is InChI=1S/C13H23N5O/c1-6-17-12(9(2)3)14-15-13(17)18-8-11(19)16(5)7-10(18)4/h9-10H,6-8H2,1-5H3. The highest BCUT2D eigenvalue weighted by molar-refractivity contribution is 5.82. The molecule has 0 saturated carbocycles. The molecule has 1 fully saturated rings. The van der Waals surface area contributed by atoms with Crippen LogP contribution in [0.4, 0.5) is 5.95 Å². The predicted octanol–water partition coefficient (Wildman–Crippen LogP) is 1.09. The van der Waals surface area contributed by atoms with E-state index in [1.807, 2.05) is 7.05 Å². The SMILES string of the molecule is CCn1c(C(C)C)nnc1N1CC(=O)N(C)CC1C. The van der Waals surface area contributed by atoms with Crippen LogP contribution in [0, 0.1) is 0 Å². The van der Waals surface area contributed by atoms with Crippen LogP contribution in [0.5, 0.6) is 0 Å². The summed E-state index contributed by atoms with van der Waals surface area (Å²) in [5.74, 6) is 2.27. The number of piperazine rings is 1. The zero-order chi connectivity index (χ0) is 14.2. The van der Waals surface area contributed by atoms with Gasteiger partial charge in [-0.15, -0.1) is 10.2 Å². The zero-order valence-electron chi connectivity index (χ0n) is 12.4. The summed E-state index contributed by atoms with van der Waals surface area (Å²) < 4.78 is 2.11. The van der Waals surface area contributed by atoms with Crippen LogP contribution in [0.3, 0.4) is 0 Å². The number of anilines is 1. The van der Waals surface area contributed by atoms with Crippen molar-refractivity contribution in [3.8, 4) is 0 Å². The molecule has 0 spiro atoms. The van der Waals surface area contributed by atoms with E-state index in [4.69, 9.17) is 0 Å². The van der Waals surface area contributed by atoms with Crippen molar-refractivity contribution < 1.29 is 4.79 Å². The van der Waals surface area contributed by atoms with Gasteiger partial charge in [0.1, 0.15) is 12.4 Å².